The maximum Gasteiger partial charge on any atom is 0.120 e. The summed E-state index contributed by atoms with van der Waals surface area (Å²) in [5.41, 5.74) is 2.15. The Kier molecular flexibility index (Phi) is 3.44. The van der Waals surface area contributed by atoms with Crippen molar-refractivity contribution >= 4 is 0 Å². The number of methoxy groups -OCH3 is 1. The fourth-order valence-corrected chi connectivity index (χ4v) is 1.66. The second-order valence-corrected chi connectivity index (χ2v) is 4.21. The van der Waals surface area contributed by atoms with E-state index in [0.717, 1.165) is 29.4 Å². The molecule has 0 aliphatic rings. The summed E-state index contributed by atoms with van der Waals surface area (Å²) in [5, 5.41) is 0. The highest BCUT2D eigenvalue weighted by Crippen LogP contribution is 2.20. The van der Waals surface area contributed by atoms with Crippen molar-refractivity contribution in [3.05, 3.63) is 36.3 Å². The van der Waals surface area contributed by atoms with Gasteiger partial charge in [-0.25, -0.2) is 4.98 Å². The number of benzene rings is 1. The molecule has 0 saturated carbocycles. The van der Waals surface area contributed by atoms with E-state index in [4.69, 9.17) is 4.74 Å². The standard InChI is InChI=1S/C13H17N3O/c1-16(2)9-13-14-8-12(15-13)10-4-6-11(17-3)7-5-10/h4-8H,9H2,1-3H3,(H,14,15). The SMILES string of the molecule is COc1ccc(-c2cnc(CN(C)C)[nH]2)cc1. The normalized spacial score (nSPS) is 10.8. The molecule has 0 saturated heterocycles. The molecule has 2 aromatic rings. The van der Waals surface area contributed by atoms with Crippen LogP contribution in [-0.4, -0.2) is 36.1 Å². The molecule has 0 aliphatic heterocycles. The molecule has 1 aromatic heterocycles. The summed E-state index contributed by atoms with van der Waals surface area (Å²) in [5.74, 6) is 1.84. The van der Waals surface area contributed by atoms with Gasteiger partial charge in [0, 0.05) is 0 Å². The number of nitrogens with zero attached hydrogens (tertiary/aromatic N) is 2. The molecular formula is C13H17N3O. The molecule has 0 spiro atoms. The fourth-order valence-electron chi connectivity index (χ4n) is 1.66. The first kappa shape index (κ1) is 11.7. The lowest BCUT2D eigenvalue weighted by Gasteiger charge is -2.05. The first-order valence-corrected chi connectivity index (χ1v) is 5.52. The van der Waals surface area contributed by atoms with Gasteiger partial charge in [0.15, 0.2) is 0 Å². The van der Waals surface area contributed by atoms with Gasteiger partial charge in [0.1, 0.15) is 11.6 Å². The van der Waals surface area contributed by atoms with Gasteiger partial charge in [-0.05, 0) is 43.9 Å². The Morgan fingerprint density at radius 3 is 2.53 bits per heavy atom. The van der Waals surface area contributed by atoms with E-state index in [1.807, 2.05) is 44.6 Å². The van der Waals surface area contributed by atoms with Crippen LogP contribution in [-0.2, 0) is 6.54 Å². The topological polar surface area (TPSA) is 41.1 Å². The van der Waals surface area contributed by atoms with E-state index in [1.165, 1.54) is 0 Å². The number of H-pyrrole nitrogens is 1. The van der Waals surface area contributed by atoms with Gasteiger partial charge in [0.05, 0.1) is 25.5 Å². The largest absolute Gasteiger partial charge is 0.497 e. The van der Waals surface area contributed by atoms with Crippen molar-refractivity contribution in [2.45, 2.75) is 6.54 Å². The molecule has 4 nitrogen and oxygen atoms in total. The molecule has 0 unspecified atom stereocenters. The average Bonchev–Trinajstić information content (AvgIpc) is 2.77. The quantitative estimate of drug-likeness (QED) is 0.876. The number of ether oxygens (including phenoxy) is 1. The van der Waals surface area contributed by atoms with E-state index in [-0.39, 0.29) is 0 Å². The monoisotopic (exact) mass is 231 g/mol. The van der Waals surface area contributed by atoms with E-state index in [2.05, 4.69) is 14.9 Å². The molecule has 0 aliphatic carbocycles. The Morgan fingerprint density at radius 2 is 1.94 bits per heavy atom. The van der Waals surface area contributed by atoms with Crippen molar-refractivity contribution in [1.82, 2.24) is 14.9 Å². The van der Waals surface area contributed by atoms with Crippen LogP contribution in [0.3, 0.4) is 0 Å². The molecular weight excluding hydrogens is 214 g/mol. The first-order valence-electron chi connectivity index (χ1n) is 5.52. The molecule has 90 valence electrons. The van der Waals surface area contributed by atoms with Crippen LogP contribution in [0.25, 0.3) is 11.3 Å². The van der Waals surface area contributed by atoms with Crippen molar-refractivity contribution in [1.29, 1.82) is 0 Å². The maximum atomic E-state index is 5.13. The number of nitrogens with one attached hydrogen (secondary N) is 1. The van der Waals surface area contributed by atoms with Crippen LogP contribution in [0.2, 0.25) is 0 Å². The average molecular weight is 231 g/mol. The van der Waals surface area contributed by atoms with E-state index in [9.17, 15) is 0 Å². The van der Waals surface area contributed by atoms with Gasteiger partial charge >= 0.3 is 0 Å². The molecule has 0 radical (unpaired) electrons. The third-order valence-corrected chi connectivity index (χ3v) is 2.50. The molecule has 0 bridgehead atoms. The second-order valence-electron chi connectivity index (χ2n) is 4.21. The zero-order chi connectivity index (χ0) is 12.3. The third kappa shape index (κ3) is 2.85. The van der Waals surface area contributed by atoms with Crippen LogP contribution >= 0.6 is 0 Å². The number of aromatic nitrogens is 2. The molecule has 17 heavy (non-hydrogen) atoms. The molecule has 1 N–H and O–H groups in total. The summed E-state index contributed by atoms with van der Waals surface area (Å²) in [4.78, 5) is 9.73. The van der Waals surface area contributed by atoms with Crippen LogP contribution < -0.4 is 4.74 Å². The van der Waals surface area contributed by atoms with Gasteiger partial charge in [-0.1, -0.05) is 0 Å². The highest BCUT2D eigenvalue weighted by Gasteiger charge is 2.04. The summed E-state index contributed by atoms with van der Waals surface area (Å²) in [6, 6.07) is 7.93. The van der Waals surface area contributed by atoms with Gasteiger partial charge in [-0.2, -0.15) is 0 Å². The Labute approximate surface area is 101 Å². The Bertz CT molecular complexity index is 474. The first-order chi connectivity index (χ1) is 8.19. The molecule has 1 aromatic carbocycles. The molecule has 2 rings (SSSR count). The van der Waals surface area contributed by atoms with Gasteiger partial charge in [-0.3, -0.25) is 0 Å². The molecule has 1 heterocycles. The van der Waals surface area contributed by atoms with Crippen molar-refractivity contribution in [3.8, 4) is 17.0 Å². The Morgan fingerprint density at radius 1 is 1.24 bits per heavy atom. The predicted octanol–water partition coefficient (Wildman–Crippen LogP) is 2.15. The maximum absolute atomic E-state index is 5.13. The van der Waals surface area contributed by atoms with Crippen LogP contribution in [0.15, 0.2) is 30.5 Å². The van der Waals surface area contributed by atoms with E-state index in [0.29, 0.717) is 0 Å². The van der Waals surface area contributed by atoms with E-state index < -0.39 is 0 Å². The summed E-state index contributed by atoms with van der Waals surface area (Å²) in [7, 11) is 5.71. The lowest BCUT2D eigenvalue weighted by atomic mass is 10.2. The minimum Gasteiger partial charge on any atom is -0.497 e. The number of rotatable bonds is 4. The van der Waals surface area contributed by atoms with Gasteiger partial charge < -0.3 is 14.6 Å². The fraction of sp³-hybridized carbons (Fsp3) is 0.308. The highest BCUT2D eigenvalue weighted by atomic mass is 16.5. The van der Waals surface area contributed by atoms with E-state index in [1.54, 1.807) is 7.11 Å². The number of imidazole rings is 1. The third-order valence-electron chi connectivity index (χ3n) is 2.50. The lowest BCUT2D eigenvalue weighted by Crippen LogP contribution is -2.11. The molecule has 4 heteroatoms. The minimum atomic E-state index is 0.816. The summed E-state index contributed by atoms with van der Waals surface area (Å²) >= 11 is 0. The van der Waals surface area contributed by atoms with E-state index >= 15 is 0 Å². The second kappa shape index (κ2) is 5.01. The molecule has 0 atom stereocenters. The summed E-state index contributed by atoms with van der Waals surface area (Å²) in [6.07, 6.45) is 1.86. The molecule has 0 amide bonds. The Balaban J connectivity index is 2.18. The van der Waals surface area contributed by atoms with Gasteiger partial charge in [0.25, 0.3) is 0 Å². The van der Waals surface area contributed by atoms with Crippen LogP contribution in [0.1, 0.15) is 5.82 Å². The Hall–Kier alpha value is -1.81. The van der Waals surface area contributed by atoms with Crippen molar-refractivity contribution < 1.29 is 4.74 Å². The zero-order valence-electron chi connectivity index (χ0n) is 10.4. The van der Waals surface area contributed by atoms with Crippen LogP contribution in [0, 0.1) is 0 Å². The molecule has 0 fully saturated rings. The van der Waals surface area contributed by atoms with Crippen LogP contribution in [0.4, 0.5) is 0 Å². The van der Waals surface area contributed by atoms with Crippen molar-refractivity contribution in [2.75, 3.05) is 21.2 Å². The van der Waals surface area contributed by atoms with Crippen molar-refractivity contribution in [2.24, 2.45) is 0 Å². The van der Waals surface area contributed by atoms with Crippen molar-refractivity contribution in [3.63, 3.8) is 0 Å². The smallest absolute Gasteiger partial charge is 0.120 e. The lowest BCUT2D eigenvalue weighted by molar-refractivity contribution is 0.392. The number of aromatic amines is 1. The number of hydrogen-bond donors (Lipinski definition) is 1. The van der Waals surface area contributed by atoms with Gasteiger partial charge in [0.2, 0.25) is 0 Å². The predicted molar refractivity (Wildman–Crippen MR) is 68.0 cm³/mol. The number of hydrogen-bond acceptors (Lipinski definition) is 3. The summed E-state index contributed by atoms with van der Waals surface area (Å²) in [6.45, 7) is 0.816. The summed E-state index contributed by atoms with van der Waals surface area (Å²) < 4.78 is 5.13. The highest BCUT2D eigenvalue weighted by molar-refractivity contribution is 5.59. The minimum absolute atomic E-state index is 0.816. The van der Waals surface area contributed by atoms with Gasteiger partial charge in [-0.15, -0.1) is 0 Å². The zero-order valence-corrected chi connectivity index (χ0v) is 10.4. The van der Waals surface area contributed by atoms with Crippen LogP contribution in [0.5, 0.6) is 5.75 Å².